The molecule has 11 heteroatoms. The van der Waals surface area contributed by atoms with Crippen molar-refractivity contribution in [2.45, 2.75) is 123 Å². The Hall–Kier alpha value is -2.50. The van der Waals surface area contributed by atoms with Crippen molar-refractivity contribution < 1.29 is 27.8 Å². The van der Waals surface area contributed by atoms with E-state index in [4.69, 9.17) is 9.47 Å². The molecular weight excluding hydrogens is 725 g/mol. The first kappa shape index (κ1) is 40.3. The molecule has 0 bridgehead atoms. The lowest BCUT2D eigenvalue weighted by Gasteiger charge is -2.71. The third-order valence-electron chi connectivity index (χ3n) is 18.0. The van der Waals surface area contributed by atoms with E-state index < -0.39 is 21.2 Å². The Labute approximate surface area is 336 Å². The number of rotatable bonds is 11. The van der Waals surface area contributed by atoms with Crippen molar-refractivity contribution >= 4 is 15.8 Å². The van der Waals surface area contributed by atoms with Gasteiger partial charge in [0.1, 0.15) is 0 Å². The monoisotopic (exact) mass is 792 g/mol. The standard InChI is InChI=1S/C45H68N4O6S/c1-31-33(32-10-18-44(19-11-32,39(50)51)22-28-55-40-46-23-14-38(48-40)54-5)12-16-41(2)34(31)13-17-43(4)37(41)9-8-35-36-7-6-15-45(36,21-20-42(35,43)3)47-24-25-49-26-29-56(52,53)30-27-49/h10,12,14,23,31,34-37,47H,6-9,11,13,15-22,24-30H2,1-5H3,(H,50,51)/t31?,34?,35?,36-,37?,41?,42-,43?,44?,45?/m1/s1. The number of nitrogens with zero attached hydrogens (tertiary/aromatic N) is 3. The van der Waals surface area contributed by atoms with Crippen LogP contribution in [0, 0.1) is 51.2 Å². The maximum atomic E-state index is 12.7. The average Bonchev–Trinajstić information content (AvgIpc) is 3.60. The third-order valence-corrected chi connectivity index (χ3v) is 19.6. The van der Waals surface area contributed by atoms with Crippen LogP contribution in [0.1, 0.15) is 118 Å². The van der Waals surface area contributed by atoms with Crippen LogP contribution in [0.25, 0.3) is 0 Å². The zero-order valence-electron chi connectivity index (χ0n) is 34.8. The molecule has 56 heavy (non-hydrogen) atoms. The van der Waals surface area contributed by atoms with E-state index in [9.17, 15) is 18.3 Å². The van der Waals surface area contributed by atoms with E-state index in [2.05, 4.69) is 60.0 Å². The second-order valence-corrected chi connectivity index (χ2v) is 22.3. The number of hydrogen-bond acceptors (Lipinski definition) is 9. The number of carboxylic acid groups (broad SMARTS) is 1. The van der Waals surface area contributed by atoms with Gasteiger partial charge >= 0.3 is 12.0 Å². The second kappa shape index (κ2) is 15.0. The van der Waals surface area contributed by atoms with Gasteiger partial charge in [0.15, 0.2) is 9.84 Å². The quantitative estimate of drug-likeness (QED) is 0.232. The van der Waals surface area contributed by atoms with Crippen molar-refractivity contribution in [1.29, 1.82) is 0 Å². The SMILES string of the molecule is COc1ccnc(OCCC2(C(=O)O)CC=C(C3=CCC4(C)C(CCC5(C)C4CCC4[C@H]6CCCC6(NCCN6CCS(=O)(=O)CC6)CC[C@]45C)C3C)CC2)n1. The lowest BCUT2D eigenvalue weighted by Crippen LogP contribution is -2.67. The van der Waals surface area contributed by atoms with Crippen LogP contribution in [0.2, 0.25) is 0 Å². The molecular formula is C45H68N4O6S. The lowest BCUT2D eigenvalue weighted by atomic mass is 9.34. The summed E-state index contributed by atoms with van der Waals surface area (Å²) in [5, 5.41) is 14.6. The van der Waals surface area contributed by atoms with Crippen LogP contribution in [-0.4, -0.2) is 91.3 Å². The van der Waals surface area contributed by atoms with Gasteiger partial charge < -0.3 is 24.8 Å². The summed E-state index contributed by atoms with van der Waals surface area (Å²) in [5.41, 5.74) is 3.20. The van der Waals surface area contributed by atoms with Crippen molar-refractivity contribution in [2.75, 3.05) is 51.4 Å². The molecule has 5 fully saturated rings. The number of allylic oxidation sites excluding steroid dienone is 4. The van der Waals surface area contributed by atoms with Crippen LogP contribution >= 0.6 is 0 Å². The molecule has 10 atom stereocenters. The summed E-state index contributed by atoms with van der Waals surface area (Å²) < 4.78 is 35.0. The van der Waals surface area contributed by atoms with E-state index >= 15 is 0 Å². The van der Waals surface area contributed by atoms with E-state index in [0.29, 0.717) is 78.3 Å². The highest BCUT2D eigenvalue weighted by atomic mass is 32.2. The van der Waals surface area contributed by atoms with Gasteiger partial charge in [0.2, 0.25) is 5.88 Å². The van der Waals surface area contributed by atoms with Gasteiger partial charge in [0, 0.05) is 44.0 Å². The number of sulfone groups is 1. The highest BCUT2D eigenvalue weighted by Crippen LogP contribution is 2.75. The van der Waals surface area contributed by atoms with E-state index in [1.807, 2.05) is 0 Å². The molecule has 2 N–H and O–H groups in total. The van der Waals surface area contributed by atoms with Crippen LogP contribution in [0.3, 0.4) is 0 Å². The predicted octanol–water partition coefficient (Wildman–Crippen LogP) is 7.51. The maximum Gasteiger partial charge on any atom is 0.319 e. The molecule has 7 aliphatic rings. The fourth-order valence-corrected chi connectivity index (χ4v) is 15.8. The minimum Gasteiger partial charge on any atom is -0.481 e. The number of ether oxygens (including phenoxy) is 2. The van der Waals surface area contributed by atoms with Gasteiger partial charge in [-0.3, -0.25) is 4.79 Å². The fraction of sp³-hybridized carbons (Fsp3) is 0.800. The molecule has 1 aliphatic heterocycles. The molecule has 1 aromatic rings. The maximum absolute atomic E-state index is 12.7. The van der Waals surface area contributed by atoms with Gasteiger partial charge in [-0.15, -0.1) is 0 Å². The summed E-state index contributed by atoms with van der Waals surface area (Å²) in [6, 6.07) is 1.87. The number of aromatic nitrogens is 2. The highest BCUT2D eigenvalue weighted by Gasteiger charge is 2.68. The van der Waals surface area contributed by atoms with E-state index in [1.165, 1.54) is 68.9 Å². The Morgan fingerprint density at radius 3 is 2.50 bits per heavy atom. The van der Waals surface area contributed by atoms with Gasteiger partial charge in [-0.1, -0.05) is 46.3 Å². The van der Waals surface area contributed by atoms with Crippen LogP contribution in [-0.2, 0) is 14.6 Å². The van der Waals surface area contributed by atoms with E-state index in [0.717, 1.165) is 37.8 Å². The minimum atomic E-state index is -2.85. The van der Waals surface area contributed by atoms with Gasteiger partial charge in [-0.05, 0) is 140 Å². The van der Waals surface area contributed by atoms with Crippen LogP contribution in [0.5, 0.6) is 11.9 Å². The van der Waals surface area contributed by atoms with Gasteiger partial charge in [-0.2, -0.15) is 4.98 Å². The van der Waals surface area contributed by atoms with Crippen molar-refractivity contribution in [1.82, 2.24) is 20.2 Å². The Kier molecular flexibility index (Phi) is 10.8. The molecule has 6 aliphatic carbocycles. The lowest BCUT2D eigenvalue weighted by molar-refractivity contribution is -0.212. The Balaban J connectivity index is 0.934. The number of hydrogen-bond donors (Lipinski definition) is 2. The predicted molar refractivity (Wildman–Crippen MR) is 218 cm³/mol. The summed E-state index contributed by atoms with van der Waals surface area (Å²) in [7, 11) is -1.30. The number of fused-ring (bicyclic) bond motifs is 7. The third kappa shape index (κ3) is 6.75. The molecule has 8 rings (SSSR count). The molecule has 0 amide bonds. The largest absolute Gasteiger partial charge is 0.481 e. The molecule has 0 spiro atoms. The highest BCUT2D eigenvalue weighted by molar-refractivity contribution is 7.91. The van der Waals surface area contributed by atoms with Crippen LogP contribution in [0.15, 0.2) is 35.6 Å². The minimum absolute atomic E-state index is 0.210. The van der Waals surface area contributed by atoms with Crippen molar-refractivity contribution in [3.63, 3.8) is 0 Å². The summed E-state index contributed by atoms with van der Waals surface area (Å²) in [5.74, 6) is 3.61. The molecule has 8 unspecified atom stereocenters. The number of carbonyl (C=O) groups is 1. The Bertz CT molecular complexity index is 1820. The Morgan fingerprint density at radius 1 is 0.964 bits per heavy atom. The average molecular weight is 793 g/mol. The van der Waals surface area contributed by atoms with Crippen molar-refractivity contribution in [3.05, 3.63) is 35.6 Å². The second-order valence-electron chi connectivity index (χ2n) is 19.9. The number of aliphatic carboxylic acids is 1. The summed E-state index contributed by atoms with van der Waals surface area (Å²) in [4.78, 5) is 23.4. The summed E-state index contributed by atoms with van der Waals surface area (Å²) in [6.45, 7) is 14.1. The number of carboxylic acids is 1. The van der Waals surface area contributed by atoms with Crippen LogP contribution in [0.4, 0.5) is 0 Å². The van der Waals surface area contributed by atoms with E-state index in [1.54, 1.807) is 19.4 Å². The molecule has 1 aromatic heterocycles. The van der Waals surface area contributed by atoms with Crippen LogP contribution < -0.4 is 14.8 Å². The zero-order valence-corrected chi connectivity index (χ0v) is 35.6. The molecule has 0 radical (unpaired) electrons. The first-order valence-electron chi connectivity index (χ1n) is 22.0. The van der Waals surface area contributed by atoms with Gasteiger partial charge in [0.25, 0.3) is 0 Å². The molecule has 0 aromatic carbocycles. The topological polar surface area (TPSA) is 131 Å². The molecule has 1 saturated heterocycles. The Morgan fingerprint density at radius 2 is 1.77 bits per heavy atom. The first-order chi connectivity index (χ1) is 26.7. The fourth-order valence-electron chi connectivity index (χ4n) is 14.5. The smallest absolute Gasteiger partial charge is 0.319 e. The van der Waals surface area contributed by atoms with Gasteiger partial charge in [-0.25, -0.2) is 13.4 Å². The van der Waals surface area contributed by atoms with E-state index in [-0.39, 0.29) is 23.6 Å². The van der Waals surface area contributed by atoms with Crippen molar-refractivity contribution in [3.8, 4) is 11.9 Å². The summed E-state index contributed by atoms with van der Waals surface area (Å²) in [6.07, 6.45) is 21.7. The molecule has 4 saturated carbocycles. The molecule has 310 valence electrons. The molecule has 2 heterocycles. The summed E-state index contributed by atoms with van der Waals surface area (Å²) >= 11 is 0. The van der Waals surface area contributed by atoms with Crippen molar-refractivity contribution in [2.24, 2.45) is 51.2 Å². The molecule has 10 nitrogen and oxygen atoms in total. The number of nitrogens with one attached hydrogen (secondary N) is 1. The van der Waals surface area contributed by atoms with Gasteiger partial charge in [0.05, 0.1) is 30.6 Å². The number of methoxy groups -OCH3 is 1. The first-order valence-corrected chi connectivity index (χ1v) is 23.8. The zero-order chi connectivity index (χ0) is 39.6. The normalized spacial score (nSPS) is 41.9.